The Kier molecular flexibility index (Phi) is 4.86. The fourth-order valence-corrected chi connectivity index (χ4v) is 3.83. The molecule has 1 N–H and O–H groups in total. The molecule has 0 aliphatic heterocycles. The van der Waals surface area contributed by atoms with Crippen molar-refractivity contribution in [3.05, 3.63) is 69.9 Å². The SMILES string of the molecule is O=C(Cn1nc(-c2cccs2)ccc1=O)Nc1nc(-c2ccncc2)cs1. The van der Waals surface area contributed by atoms with E-state index in [1.807, 2.05) is 35.0 Å². The molecule has 0 fully saturated rings. The lowest BCUT2D eigenvalue weighted by Gasteiger charge is -2.06. The Morgan fingerprint density at radius 3 is 2.70 bits per heavy atom. The van der Waals surface area contributed by atoms with Crippen molar-refractivity contribution in [3.63, 3.8) is 0 Å². The molecule has 0 spiro atoms. The van der Waals surface area contributed by atoms with Gasteiger partial charge in [0.1, 0.15) is 12.2 Å². The summed E-state index contributed by atoms with van der Waals surface area (Å²) in [6.07, 6.45) is 3.37. The highest BCUT2D eigenvalue weighted by atomic mass is 32.1. The van der Waals surface area contributed by atoms with E-state index >= 15 is 0 Å². The highest BCUT2D eigenvalue weighted by molar-refractivity contribution is 7.14. The second-order valence-corrected chi connectivity index (χ2v) is 7.32. The number of aromatic nitrogens is 4. The first-order valence-electron chi connectivity index (χ1n) is 7.97. The molecule has 27 heavy (non-hydrogen) atoms. The second-order valence-electron chi connectivity index (χ2n) is 5.51. The molecule has 0 saturated carbocycles. The van der Waals surface area contributed by atoms with Gasteiger partial charge >= 0.3 is 0 Å². The summed E-state index contributed by atoms with van der Waals surface area (Å²) in [5.41, 5.74) is 2.00. The van der Waals surface area contributed by atoms with Gasteiger partial charge in [-0.25, -0.2) is 9.67 Å². The second kappa shape index (κ2) is 7.60. The molecule has 7 nitrogen and oxygen atoms in total. The molecule has 9 heteroatoms. The lowest BCUT2D eigenvalue weighted by molar-refractivity contribution is -0.117. The number of thiazole rings is 1. The maximum Gasteiger partial charge on any atom is 0.267 e. The van der Waals surface area contributed by atoms with Crippen LogP contribution in [-0.2, 0) is 11.3 Å². The van der Waals surface area contributed by atoms with E-state index in [-0.39, 0.29) is 18.0 Å². The van der Waals surface area contributed by atoms with Crippen molar-refractivity contribution < 1.29 is 4.79 Å². The first-order chi connectivity index (χ1) is 13.2. The molecule has 134 valence electrons. The number of nitrogens with one attached hydrogen (secondary N) is 1. The Labute approximate surface area is 162 Å². The lowest BCUT2D eigenvalue weighted by Crippen LogP contribution is -2.29. The third kappa shape index (κ3) is 3.99. The average molecular weight is 395 g/mol. The molecular formula is C18H13N5O2S2. The van der Waals surface area contributed by atoms with Gasteiger partial charge in [-0.15, -0.1) is 22.7 Å². The van der Waals surface area contributed by atoms with Gasteiger partial charge in [-0.3, -0.25) is 14.6 Å². The van der Waals surface area contributed by atoms with Crippen LogP contribution in [0.2, 0.25) is 0 Å². The number of carbonyl (C=O) groups excluding carboxylic acids is 1. The number of anilines is 1. The van der Waals surface area contributed by atoms with Crippen molar-refractivity contribution in [2.75, 3.05) is 5.32 Å². The molecule has 4 rings (SSSR count). The number of hydrogen-bond donors (Lipinski definition) is 1. The molecule has 0 bridgehead atoms. The highest BCUT2D eigenvalue weighted by Crippen LogP contribution is 2.24. The third-order valence-corrected chi connectivity index (χ3v) is 5.31. The van der Waals surface area contributed by atoms with E-state index in [9.17, 15) is 9.59 Å². The van der Waals surface area contributed by atoms with Crippen molar-refractivity contribution >= 4 is 33.7 Å². The van der Waals surface area contributed by atoms with E-state index in [0.29, 0.717) is 10.8 Å². The number of thiophene rings is 1. The predicted octanol–water partition coefficient (Wildman–Crippen LogP) is 3.13. The van der Waals surface area contributed by atoms with E-state index in [4.69, 9.17) is 0 Å². The molecule has 0 aromatic carbocycles. The summed E-state index contributed by atoms with van der Waals surface area (Å²) in [7, 11) is 0. The van der Waals surface area contributed by atoms with E-state index in [2.05, 4.69) is 20.4 Å². The summed E-state index contributed by atoms with van der Waals surface area (Å²) in [5, 5.41) is 11.3. The topological polar surface area (TPSA) is 89.8 Å². The fourth-order valence-electron chi connectivity index (χ4n) is 2.40. The first-order valence-corrected chi connectivity index (χ1v) is 9.73. The summed E-state index contributed by atoms with van der Waals surface area (Å²) < 4.78 is 1.15. The Balaban J connectivity index is 1.48. The molecule has 1 amide bonds. The van der Waals surface area contributed by atoms with Crippen molar-refractivity contribution in [3.8, 4) is 21.8 Å². The summed E-state index contributed by atoms with van der Waals surface area (Å²) in [6, 6.07) is 10.6. The highest BCUT2D eigenvalue weighted by Gasteiger charge is 2.11. The molecule has 0 aliphatic carbocycles. The number of pyridine rings is 1. The van der Waals surface area contributed by atoms with Gasteiger partial charge < -0.3 is 5.32 Å². The van der Waals surface area contributed by atoms with Gasteiger partial charge in [0.25, 0.3) is 5.56 Å². The molecule has 0 aliphatic rings. The van der Waals surface area contributed by atoms with Gasteiger partial charge in [0, 0.05) is 29.4 Å². The van der Waals surface area contributed by atoms with Crippen molar-refractivity contribution in [2.45, 2.75) is 6.54 Å². The molecular weight excluding hydrogens is 382 g/mol. The maximum absolute atomic E-state index is 12.3. The molecule has 4 heterocycles. The van der Waals surface area contributed by atoms with Gasteiger partial charge in [-0.2, -0.15) is 5.10 Å². The molecule has 0 radical (unpaired) electrons. The molecule has 0 unspecified atom stereocenters. The molecule has 0 atom stereocenters. The van der Waals surface area contributed by atoms with Crippen LogP contribution in [0.4, 0.5) is 5.13 Å². The van der Waals surface area contributed by atoms with Crippen molar-refractivity contribution in [2.24, 2.45) is 0 Å². The minimum atomic E-state index is -0.358. The van der Waals surface area contributed by atoms with Crippen molar-refractivity contribution in [1.82, 2.24) is 19.7 Å². The van der Waals surface area contributed by atoms with Gasteiger partial charge in [0.05, 0.1) is 10.6 Å². The van der Waals surface area contributed by atoms with Crippen LogP contribution in [-0.4, -0.2) is 25.7 Å². The van der Waals surface area contributed by atoms with E-state index < -0.39 is 0 Å². The maximum atomic E-state index is 12.3. The van der Waals surface area contributed by atoms with Crippen LogP contribution in [0, 0.1) is 0 Å². The largest absolute Gasteiger partial charge is 0.300 e. The monoisotopic (exact) mass is 395 g/mol. The Morgan fingerprint density at radius 1 is 1.07 bits per heavy atom. The van der Waals surface area contributed by atoms with Crippen LogP contribution in [0.1, 0.15) is 0 Å². The standard InChI is InChI=1S/C18H13N5O2S2/c24-16(21-18-20-14(11-27-18)12-5-7-19-8-6-12)10-23-17(25)4-3-13(22-23)15-2-1-9-26-15/h1-9,11H,10H2,(H,20,21,24). The molecule has 4 aromatic heterocycles. The number of amides is 1. The van der Waals surface area contributed by atoms with E-state index in [0.717, 1.165) is 20.8 Å². The third-order valence-electron chi connectivity index (χ3n) is 3.66. The predicted molar refractivity (Wildman–Crippen MR) is 106 cm³/mol. The number of nitrogens with zero attached hydrogens (tertiary/aromatic N) is 4. The minimum absolute atomic E-state index is 0.178. The van der Waals surface area contributed by atoms with Gasteiger partial charge in [0.2, 0.25) is 5.91 Å². The van der Waals surface area contributed by atoms with Crippen LogP contribution in [0.25, 0.3) is 21.8 Å². The number of hydrogen-bond acceptors (Lipinski definition) is 7. The van der Waals surface area contributed by atoms with Crippen molar-refractivity contribution in [1.29, 1.82) is 0 Å². The number of rotatable bonds is 5. The van der Waals surface area contributed by atoms with Gasteiger partial charge in [-0.05, 0) is 29.6 Å². The van der Waals surface area contributed by atoms with E-state index in [1.54, 1.807) is 18.5 Å². The number of carbonyl (C=O) groups is 1. The fraction of sp³-hybridized carbons (Fsp3) is 0.0556. The van der Waals surface area contributed by atoms with Crippen LogP contribution in [0.15, 0.2) is 64.3 Å². The van der Waals surface area contributed by atoms with Crippen LogP contribution < -0.4 is 10.9 Å². The van der Waals surface area contributed by atoms with E-state index in [1.165, 1.54) is 28.7 Å². The molecule has 4 aromatic rings. The minimum Gasteiger partial charge on any atom is -0.300 e. The zero-order chi connectivity index (χ0) is 18.6. The normalized spacial score (nSPS) is 10.7. The summed E-state index contributed by atoms with van der Waals surface area (Å²) in [4.78, 5) is 33.7. The lowest BCUT2D eigenvalue weighted by atomic mass is 10.2. The molecule has 0 saturated heterocycles. The zero-order valence-electron chi connectivity index (χ0n) is 13.9. The quantitative estimate of drug-likeness (QED) is 0.561. The summed E-state index contributed by atoms with van der Waals surface area (Å²) in [5.74, 6) is -0.358. The Morgan fingerprint density at radius 2 is 1.93 bits per heavy atom. The Bertz CT molecular complexity index is 1120. The average Bonchev–Trinajstić information content (AvgIpc) is 3.36. The Hall–Kier alpha value is -3.17. The van der Waals surface area contributed by atoms with Crippen LogP contribution >= 0.6 is 22.7 Å². The van der Waals surface area contributed by atoms with Gasteiger partial charge in [0.15, 0.2) is 5.13 Å². The van der Waals surface area contributed by atoms with Crippen LogP contribution in [0.3, 0.4) is 0 Å². The zero-order valence-corrected chi connectivity index (χ0v) is 15.5. The summed E-state index contributed by atoms with van der Waals surface area (Å²) >= 11 is 2.84. The van der Waals surface area contributed by atoms with Crippen LogP contribution in [0.5, 0.6) is 0 Å². The smallest absolute Gasteiger partial charge is 0.267 e. The first kappa shape index (κ1) is 17.3. The van der Waals surface area contributed by atoms with Gasteiger partial charge in [-0.1, -0.05) is 6.07 Å². The summed E-state index contributed by atoms with van der Waals surface area (Å²) in [6.45, 7) is -0.178.